The van der Waals surface area contributed by atoms with Crippen LogP contribution in [0.25, 0.3) is 0 Å². The highest BCUT2D eigenvalue weighted by Gasteiger charge is 2.22. The zero-order valence-corrected chi connectivity index (χ0v) is 14.1. The summed E-state index contributed by atoms with van der Waals surface area (Å²) in [5, 5.41) is 2.96. The molecule has 2 rings (SSSR count). The molecule has 0 aromatic carbocycles. The van der Waals surface area contributed by atoms with Gasteiger partial charge in [0.15, 0.2) is 5.16 Å². The molecule has 7 nitrogen and oxygen atoms in total. The van der Waals surface area contributed by atoms with Gasteiger partial charge in [-0.3, -0.25) is 14.4 Å². The summed E-state index contributed by atoms with van der Waals surface area (Å²) in [5.74, 6) is -0.533. The lowest BCUT2D eigenvalue weighted by atomic mass is 10.2. The molecule has 126 valence electrons. The summed E-state index contributed by atoms with van der Waals surface area (Å²) in [6.45, 7) is 1.77. The van der Waals surface area contributed by atoms with Crippen molar-refractivity contribution in [3.8, 4) is 0 Å². The number of H-pyrrole nitrogens is 1. The Labute approximate surface area is 138 Å². The maximum Gasteiger partial charge on any atom is 0.311 e. The minimum atomic E-state index is -0.467. The monoisotopic (exact) mass is 339 g/mol. The van der Waals surface area contributed by atoms with Gasteiger partial charge >= 0.3 is 5.97 Å². The highest BCUT2D eigenvalue weighted by molar-refractivity contribution is 8.00. The van der Waals surface area contributed by atoms with E-state index in [1.165, 1.54) is 24.9 Å². The highest BCUT2D eigenvalue weighted by Crippen LogP contribution is 2.21. The largest absolute Gasteiger partial charge is 0.469 e. The van der Waals surface area contributed by atoms with Crippen LogP contribution in [-0.4, -0.2) is 40.2 Å². The predicted molar refractivity (Wildman–Crippen MR) is 86.3 cm³/mol. The molecule has 0 spiro atoms. The van der Waals surface area contributed by atoms with Crippen LogP contribution in [0.5, 0.6) is 0 Å². The van der Waals surface area contributed by atoms with Crippen molar-refractivity contribution in [2.45, 2.75) is 55.5 Å². The normalized spacial score (nSPS) is 16.1. The summed E-state index contributed by atoms with van der Waals surface area (Å²) in [5.41, 5.74) is -0.0312. The average molecular weight is 339 g/mol. The lowest BCUT2D eigenvalue weighted by molar-refractivity contribution is -0.139. The van der Waals surface area contributed by atoms with E-state index < -0.39 is 5.97 Å². The van der Waals surface area contributed by atoms with Crippen LogP contribution >= 0.6 is 11.8 Å². The molecule has 1 amide bonds. The van der Waals surface area contributed by atoms with Crippen LogP contribution in [0, 0.1) is 0 Å². The Balaban J connectivity index is 1.99. The molecular weight excluding hydrogens is 318 g/mol. The van der Waals surface area contributed by atoms with E-state index in [-0.39, 0.29) is 29.2 Å². The molecule has 1 fully saturated rings. The van der Waals surface area contributed by atoms with E-state index >= 15 is 0 Å². The number of thioether (sulfide) groups is 1. The Kier molecular flexibility index (Phi) is 6.20. The SMILES string of the molecule is COC(=O)Cc1cc(=O)[nH]c(SC(C)C(=O)NC2CCCC2)n1. The number of carbonyl (C=O) groups is 2. The lowest BCUT2D eigenvalue weighted by Crippen LogP contribution is -2.37. The molecule has 23 heavy (non-hydrogen) atoms. The van der Waals surface area contributed by atoms with Crippen LogP contribution in [0.3, 0.4) is 0 Å². The molecule has 1 atom stereocenters. The molecule has 1 heterocycles. The molecular formula is C15H21N3O4S. The van der Waals surface area contributed by atoms with Gasteiger partial charge in [0.1, 0.15) is 0 Å². The van der Waals surface area contributed by atoms with Gasteiger partial charge in [-0.1, -0.05) is 24.6 Å². The first-order valence-corrected chi connectivity index (χ1v) is 8.50. The first kappa shape index (κ1) is 17.5. The van der Waals surface area contributed by atoms with Gasteiger partial charge in [-0.15, -0.1) is 0 Å². The molecule has 2 N–H and O–H groups in total. The zero-order valence-electron chi connectivity index (χ0n) is 13.3. The fourth-order valence-corrected chi connectivity index (χ4v) is 3.30. The number of nitrogens with one attached hydrogen (secondary N) is 2. The van der Waals surface area contributed by atoms with E-state index in [0.717, 1.165) is 25.7 Å². The fourth-order valence-electron chi connectivity index (χ4n) is 2.46. The second kappa shape index (κ2) is 8.14. The maximum absolute atomic E-state index is 12.2. The summed E-state index contributed by atoms with van der Waals surface area (Å²) in [7, 11) is 1.28. The van der Waals surface area contributed by atoms with Gasteiger partial charge < -0.3 is 15.0 Å². The third-order valence-electron chi connectivity index (χ3n) is 3.69. The van der Waals surface area contributed by atoms with Crippen molar-refractivity contribution in [1.29, 1.82) is 0 Å². The minimum absolute atomic E-state index is 0.0667. The van der Waals surface area contributed by atoms with Gasteiger partial charge in [-0.25, -0.2) is 4.98 Å². The second-order valence-electron chi connectivity index (χ2n) is 5.54. The number of rotatable bonds is 6. The van der Waals surface area contributed by atoms with E-state index in [1.54, 1.807) is 6.92 Å². The van der Waals surface area contributed by atoms with Crippen molar-refractivity contribution in [2.75, 3.05) is 7.11 Å². The summed E-state index contributed by atoms with van der Waals surface area (Å²) in [6, 6.07) is 1.51. The maximum atomic E-state index is 12.2. The minimum Gasteiger partial charge on any atom is -0.469 e. The summed E-state index contributed by atoms with van der Waals surface area (Å²) >= 11 is 1.17. The van der Waals surface area contributed by atoms with E-state index in [9.17, 15) is 14.4 Å². The number of methoxy groups -OCH3 is 1. The number of aromatic nitrogens is 2. The van der Waals surface area contributed by atoms with Gasteiger partial charge in [-0.2, -0.15) is 0 Å². The summed E-state index contributed by atoms with van der Waals surface area (Å²) in [6.07, 6.45) is 4.27. The van der Waals surface area contributed by atoms with E-state index in [1.807, 2.05) is 0 Å². The molecule has 1 aromatic rings. The molecule has 0 bridgehead atoms. The zero-order chi connectivity index (χ0) is 16.8. The van der Waals surface area contributed by atoms with Crippen LogP contribution in [-0.2, 0) is 20.7 Å². The Bertz CT molecular complexity index is 625. The Morgan fingerprint density at radius 3 is 2.83 bits per heavy atom. The van der Waals surface area contributed by atoms with E-state index in [4.69, 9.17) is 0 Å². The first-order chi connectivity index (χ1) is 11.0. The molecule has 1 aliphatic carbocycles. The number of ether oxygens (including phenoxy) is 1. The van der Waals surface area contributed by atoms with Gasteiger partial charge in [0.05, 0.1) is 24.5 Å². The van der Waals surface area contributed by atoms with Gasteiger partial charge in [-0.05, 0) is 19.8 Å². The number of esters is 1. The average Bonchev–Trinajstić information content (AvgIpc) is 2.99. The number of carbonyl (C=O) groups excluding carboxylic acids is 2. The number of hydrogen-bond donors (Lipinski definition) is 2. The smallest absolute Gasteiger partial charge is 0.311 e. The third-order valence-corrected chi connectivity index (χ3v) is 4.67. The predicted octanol–water partition coefficient (Wildman–Crippen LogP) is 1.02. The van der Waals surface area contributed by atoms with Crippen molar-refractivity contribution in [3.05, 3.63) is 22.1 Å². The van der Waals surface area contributed by atoms with E-state index in [2.05, 4.69) is 20.0 Å². The Morgan fingerprint density at radius 1 is 1.48 bits per heavy atom. The Hall–Kier alpha value is -1.83. The van der Waals surface area contributed by atoms with Crippen LogP contribution in [0.4, 0.5) is 0 Å². The van der Waals surface area contributed by atoms with Crippen molar-refractivity contribution in [1.82, 2.24) is 15.3 Å². The molecule has 1 saturated carbocycles. The second-order valence-corrected chi connectivity index (χ2v) is 6.87. The number of hydrogen-bond acceptors (Lipinski definition) is 6. The molecule has 1 aliphatic rings. The fraction of sp³-hybridized carbons (Fsp3) is 0.600. The molecule has 8 heteroatoms. The standard InChI is InChI=1S/C15H21N3O4S/c1-9(14(21)16-10-5-3-4-6-10)23-15-17-11(7-12(19)18-15)8-13(20)22-2/h7,9-10H,3-6,8H2,1-2H3,(H,16,21)(H,17,18,19). The van der Waals surface area contributed by atoms with Gasteiger partial charge in [0.2, 0.25) is 5.91 Å². The van der Waals surface area contributed by atoms with Gasteiger partial charge in [0, 0.05) is 12.1 Å². The van der Waals surface area contributed by atoms with Crippen LogP contribution in [0.1, 0.15) is 38.3 Å². The third kappa shape index (κ3) is 5.38. The van der Waals surface area contributed by atoms with Crippen molar-refractivity contribution >= 4 is 23.6 Å². The Morgan fingerprint density at radius 2 is 2.17 bits per heavy atom. The molecule has 1 unspecified atom stereocenters. The summed E-state index contributed by atoms with van der Waals surface area (Å²) in [4.78, 5) is 41.9. The first-order valence-electron chi connectivity index (χ1n) is 7.62. The van der Waals surface area contributed by atoms with Crippen molar-refractivity contribution < 1.29 is 14.3 Å². The van der Waals surface area contributed by atoms with Crippen molar-refractivity contribution in [2.24, 2.45) is 0 Å². The van der Waals surface area contributed by atoms with Crippen molar-refractivity contribution in [3.63, 3.8) is 0 Å². The molecule has 0 saturated heterocycles. The topological polar surface area (TPSA) is 101 Å². The highest BCUT2D eigenvalue weighted by atomic mass is 32.2. The van der Waals surface area contributed by atoms with E-state index in [0.29, 0.717) is 10.9 Å². The molecule has 0 aliphatic heterocycles. The van der Waals surface area contributed by atoms with Crippen LogP contribution < -0.4 is 10.9 Å². The quantitative estimate of drug-likeness (QED) is 0.456. The van der Waals surface area contributed by atoms with Crippen LogP contribution in [0.15, 0.2) is 16.0 Å². The number of amides is 1. The lowest BCUT2D eigenvalue weighted by Gasteiger charge is -2.16. The summed E-state index contributed by atoms with van der Waals surface area (Å²) < 4.78 is 4.57. The number of nitrogens with zero attached hydrogens (tertiary/aromatic N) is 1. The van der Waals surface area contributed by atoms with Crippen LogP contribution in [0.2, 0.25) is 0 Å². The number of aromatic amines is 1. The molecule has 0 radical (unpaired) electrons. The molecule has 1 aromatic heterocycles. The van der Waals surface area contributed by atoms with Gasteiger partial charge in [0.25, 0.3) is 5.56 Å².